The zero-order valence-electron chi connectivity index (χ0n) is 9.49. The van der Waals surface area contributed by atoms with Gasteiger partial charge in [-0.3, -0.25) is 4.79 Å². The van der Waals surface area contributed by atoms with Crippen LogP contribution in [-0.2, 0) is 0 Å². The van der Waals surface area contributed by atoms with Crippen LogP contribution in [0, 0.1) is 6.92 Å². The summed E-state index contributed by atoms with van der Waals surface area (Å²) < 4.78 is 1.61. The second kappa shape index (κ2) is 5.74. The Morgan fingerprint density at radius 2 is 1.95 bits per heavy atom. The van der Waals surface area contributed by atoms with E-state index in [9.17, 15) is 9.59 Å². The molecule has 100 valence electrons. The molecule has 0 unspecified atom stereocenters. The lowest BCUT2D eigenvalue weighted by molar-refractivity contribution is 0.0698. The number of rotatable bonds is 3. The number of carbonyl (C=O) groups is 2. The summed E-state index contributed by atoms with van der Waals surface area (Å²) in [4.78, 5) is 24.4. The maximum atomic E-state index is 12.0. The molecule has 4 nitrogen and oxygen atoms in total. The van der Waals surface area contributed by atoms with Crippen molar-refractivity contribution in [3.63, 3.8) is 0 Å². The van der Waals surface area contributed by atoms with E-state index in [4.69, 9.17) is 5.11 Å². The summed E-state index contributed by atoms with van der Waals surface area (Å²) in [6.45, 7) is 1.80. The van der Waals surface area contributed by atoms with Crippen molar-refractivity contribution in [3.05, 3.63) is 35.7 Å². The molecule has 0 radical (unpaired) electrons. The third kappa shape index (κ3) is 3.25. The van der Waals surface area contributed by atoms with E-state index in [-0.39, 0.29) is 11.5 Å². The van der Waals surface area contributed by atoms with Gasteiger partial charge in [0.2, 0.25) is 0 Å². The quantitative estimate of drug-likeness (QED) is 0.756. The smallest absolute Gasteiger partial charge is 0.338 e. The van der Waals surface area contributed by atoms with E-state index in [1.54, 1.807) is 19.1 Å². The van der Waals surface area contributed by atoms with Crippen molar-refractivity contribution in [2.75, 3.05) is 5.32 Å². The number of thiophene rings is 2. The van der Waals surface area contributed by atoms with Crippen LogP contribution in [-0.4, -0.2) is 17.0 Å². The standard InChI is InChI=1S/C11H7Br2NO3S2/c1-4-2-5(11(16)17)10(18-4)14-9(15)7-3-6(12)8(13)19-7/h2-3H,1H3,(H,14,15)(H,16,17). The van der Waals surface area contributed by atoms with Gasteiger partial charge in [0, 0.05) is 9.35 Å². The van der Waals surface area contributed by atoms with E-state index >= 15 is 0 Å². The van der Waals surface area contributed by atoms with E-state index in [1.165, 1.54) is 22.7 Å². The Balaban J connectivity index is 2.26. The minimum absolute atomic E-state index is 0.116. The molecule has 0 aliphatic heterocycles. The fourth-order valence-electron chi connectivity index (χ4n) is 1.39. The van der Waals surface area contributed by atoms with Gasteiger partial charge in [0.05, 0.1) is 14.2 Å². The number of hydrogen-bond acceptors (Lipinski definition) is 4. The number of hydrogen-bond donors (Lipinski definition) is 2. The second-order valence-corrected chi connectivity index (χ2v) is 8.07. The summed E-state index contributed by atoms with van der Waals surface area (Å²) >= 11 is 9.14. The normalized spacial score (nSPS) is 10.5. The Kier molecular flexibility index (Phi) is 4.44. The van der Waals surface area contributed by atoms with E-state index in [0.29, 0.717) is 9.88 Å². The lowest BCUT2D eigenvalue weighted by Crippen LogP contribution is -2.11. The number of halogens is 2. The first-order chi connectivity index (χ1) is 8.88. The van der Waals surface area contributed by atoms with Crippen molar-refractivity contribution < 1.29 is 14.7 Å². The summed E-state index contributed by atoms with van der Waals surface area (Å²) in [5, 5.41) is 12.0. The molecule has 19 heavy (non-hydrogen) atoms. The highest BCUT2D eigenvalue weighted by Gasteiger charge is 2.18. The van der Waals surface area contributed by atoms with Crippen LogP contribution in [0.3, 0.4) is 0 Å². The molecule has 0 aliphatic rings. The summed E-state index contributed by atoms with van der Waals surface area (Å²) in [6, 6.07) is 3.23. The minimum atomic E-state index is -1.05. The SMILES string of the molecule is Cc1cc(C(=O)O)c(NC(=O)c2cc(Br)c(Br)s2)s1. The van der Waals surface area contributed by atoms with Crippen molar-refractivity contribution in [1.29, 1.82) is 0 Å². The second-order valence-electron chi connectivity index (χ2n) is 3.59. The average Bonchev–Trinajstić information content (AvgIpc) is 2.83. The van der Waals surface area contributed by atoms with Crippen LogP contribution in [0.5, 0.6) is 0 Å². The van der Waals surface area contributed by atoms with E-state index in [2.05, 4.69) is 37.2 Å². The lowest BCUT2D eigenvalue weighted by Gasteiger charge is -2.01. The van der Waals surface area contributed by atoms with Gasteiger partial charge in [-0.25, -0.2) is 4.79 Å². The summed E-state index contributed by atoms with van der Waals surface area (Å²) in [5.41, 5.74) is 0.116. The molecule has 0 aromatic carbocycles. The fourth-order valence-corrected chi connectivity index (χ4v) is 4.22. The van der Waals surface area contributed by atoms with Crippen LogP contribution in [0.2, 0.25) is 0 Å². The average molecular weight is 425 g/mol. The van der Waals surface area contributed by atoms with Crippen molar-refractivity contribution in [1.82, 2.24) is 0 Å². The van der Waals surface area contributed by atoms with Gasteiger partial charge >= 0.3 is 5.97 Å². The molecule has 0 bridgehead atoms. The van der Waals surface area contributed by atoms with E-state index < -0.39 is 5.97 Å². The van der Waals surface area contributed by atoms with Gasteiger partial charge in [0.25, 0.3) is 5.91 Å². The first-order valence-corrected chi connectivity index (χ1v) is 8.20. The van der Waals surface area contributed by atoms with Gasteiger partial charge in [-0.15, -0.1) is 22.7 Å². The highest BCUT2D eigenvalue weighted by molar-refractivity contribution is 9.13. The predicted molar refractivity (Wildman–Crippen MR) is 83.7 cm³/mol. The Hall–Kier alpha value is -0.700. The molecular formula is C11H7Br2NO3S2. The zero-order chi connectivity index (χ0) is 14.2. The molecular weight excluding hydrogens is 418 g/mol. The lowest BCUT2D eigenvalue weighted by atomic mass is 10.3. The maximum Gasteiger partial charge on any atom is 0.338 e. The predicted octanol–water partition coefficient (Wildman–Crippen LogP) is 4.59. The molecule has 0 fully saturated rings. The number of anilines is 1. The van der Waals surface area contributed by atoms with Crippen molar-refractivity contribution in [2.24, 2.45) is 0 Å². The molecule has 8 heteroatoms. The first-order valence-electron chi connectivity index (χ1n) is 4.98. The number of aromatic carboxylic acids is 1. The third-order valence-corrected chi connectivity index (χ3v) is 6.40. The Labute approximate surface area is 133 Å². The molecule has 2 N–H and O–H groups in total. The zero-order valence-corrected chi connectivity index (χ0v) is 14.3. The van der Waals surface area contributed by atoms with Crippen LogP contribution in [0.1, 0.15) is 24.9 Å². The fraction of sp³-hybridized carbons (Fsp3) is 0.0909. The number of amides is 1. The molecule has 1 amide bonds. The Morgan fingerprint density at radius 1 is 1.26 bits per heavy atom. The molecule has 2 heterocycles. The van der Waals surface area contributed by atoms with E-state index in [1.807, 2.05) is 0 Å². The van der Waals surface area contributed by atoms with Crippen LogP contribution >= 0.6 is 54.5 Å². The van der Waals surface area contributed by atoms with Crippen molar-refractivity contribution in [2.45, 2.75) is 6.92 Å². The van der Waals surface area contributed by atoms with Crippen LogP contribution < -0.4 is 5.32 Å². The van der Waals surface area contributed by atoms with Gasteiger partial charge in [-0.05, 0) is 50.9 Å². The summed E-state index contributed by atoms with van der Waals surface area (Å²) in [7, 11) is 0. The van der Waals surface area contributed by atoms with Crippen LogP contribution in [0.25, 0.3) is 0 Å². The molecule has 2 rings (SSSR count). The van der Waals surface area contributed by atoms with Gasteiger partial charge in [-0.1, -0.05) is 0 Å². The number of carboxylic acid groups (broad SMARTS) is 1. The maximum absolute atomic E-state index is 12.0. The summed E-state index contributed by atoms with van der Waals surface area (Å²) in [5.74, 6) is -1.37. The van der Waals surface area contributed by atoms with Crippen LogP contribution in [0.4, 0.5) is 5.00 Å². The van der Waals surface area contributed by atoms with Gasteiger partial charge < -0.3 is 10.4 Å². The highest BCUT2D eigenvalue weighted by atomic mass is 79.9. The molecule has 0 saturated heterocycles. The molecule has 2 aromatic heterocycles. The first kappa shape index (κ1) is 14.7. The molecule has 0 saturated carbocycles. The van der Waals surface area contributed by atoms with Crippen LogP contribution in [0.15, 0.2) is 20.4 Å². The number of carbonyl (C=O) groups excluding carboxylic acids is 1. The minimum Gasteiger partial charge on any atom is -0.478 e. The number of aryl methyl sites for hydroxylation is 1. The molecule has 0 spiro atoms. The van der Waals surface area contributed by atoms with Gasteiger partial charge in [0.15, 0.2) is 0 Å². The number of carboxylic acids is 1. The number of nitrogens with one attached hydrogen (secondary N) is 1. The molecule has 0 aliphatic carbocycles. The Morgan fingerprint density at radius 3 is 2.47 bits per heavy atom. The van der Waals surface area contributed by atoms with E-state index in [0.717, 1.165) is 13.1 Å². The molecule has 2 aromatic rings. The highest BCUT2D eigenvalue weighted by Crippen LogP contribution is 2.34. The Bertz CT molecular complexity index is 643. The van der Waals surface area contributed by atoms with Crippen molar-refractivity contribution >= 4 is 71.4 Å². The topological polar surface area (TPSA) is 66.4 Å². The third-order valence-electron chi connectivity index (χ3n) is 2.18. The molecule has 0 atom stereocenters. The van der Waals surface area contributed by atoms with Gasteiger partial charge in [0.1, 0.15) is 5.00 Å². The summed E-state index contributed by atoms with van der Waals surface area (Å²) in [6.07, 6.45) is 0. The monoisotopic (exact) mass is 423 g/mol. The van der Waals surface area contributed by atoms with Gasteiger partial charge in [-0.2, -0.15) is 0 Å². The van der Waals surface area contributed by atoms with Crippen molar-refractivity contribution in [3.8, 4) is 0 Å². The largest absolute Gasteiger partial charge is 0.478 e.